The van der Waals surface area contributed by atoms with Crippen molar-refractivity contribution in [1.29, 1.82) is 0 Å². The van der Waals surface area contributed by atoms with Gasteiger partial charge in [-0.3, -0.25) is 9.59 Å². The molecule has 1 N–H and O–H groups in total. The average molecular weight is 342 g/mol. The molecule has 132 valence electrons. The molecule has 2 aromatic rings. The maximum Gasteiger partial charge on any atom is 0.290 e. The number of ether oxygens (including phenoxy) is 1. The van der Waals surface area contributed by atoms with Crippen molar-refractivity contribution in [2.24, 2.45) is 0 Å². The molecule has 2 amide bonds. The number of benzene rings is 1. The summed E-state index contributed by atoms with van der Waals surface area (Å²) >= 11 is 0. The van der Waals surface area contributed by atoms with Crippen LogP contribution in [-0.4, -0.2) is 36.4 Å². The Balaban J connectivity index is 1.69. The van der Waals surface area contributed by atoms with E-state index in [1.165, 1.54) is 0 Å². The molecule has 25 heavy (non-hydrogen) atoms. The van der Waals surface area contributed by atoms with Crippen LogP contribution in [0.15, 0.2) is 40.8 Å². The predicted octanol–water partition coefficient (Wildman–Crippen LogP) is 3.09. The van der Waals surface area contributed by atoms with Gasteiger partial charge in [-0.25, -0.2) is 0 Å². The molecule has 0 spiro atoms. The number of anilines is 1. The fourth-order valence-corrected chi connectivity index (χ4v) is 3.01. The zero-order valence-electron chi connectivity index (χ0n) is 14.5. The number of likely N-dealkylation sites (tertiary alicyclic amines) is 1. The van der Waals surface area contributed by atoms with E-state index in [2.05, 4.69) is 5.32 Å². The predicted molar refractivity (Wildman–Crippen MR) is 93.8 cm³/mol. The Hall–Kier alpha value is -2.76. The van der Waals surface area contributed by atoms with Crippen LogP contribution in [0.5, 0.6) is 5.75 Å². The van der Waals surface area contributed by atoms with E-state index in [0.717, 1.165) is 24.4 Å². The van der Waals surface area contributed by atoms with Crippen molar-refractivity contribution in [2.75, 3.05) is 19.0 Å². The molecule has 0 unspecified atom stereocenters. The highest BCUT2D eigenvalue weighted by Crippen LogP contribution is 2.23. The summed E-state index contributed by atoms with van der Waals surface area (Å²) in [6.45, 7) is 2.52. The summed E-state index contributed by atoms with van der Waals surface area (Å²) in [7, 11) is 1.59. The fraction of sp³-hybridized carbons (Fsp3) is 0.368. The van der Waals surface area contributed by atoms with Crippen molar-refractivity contribution in [3.8, 4) is 5.75 Å². The van der Waals surface area contributed by atoms with Crippen molar-refractivity contribution in [1.82, 2.24) is 4.90 Å². The zero-order chi connectivity index (χ0) is 17.8. The first kappa shape index (κ1) is 17.1. The van der Waals surface area contributed by atoms with Crippen LogP contribution in [0.25, 0.3) is 0 Å². The second-order valence-corrected chi connectivity index (χ2v) is 5.99. The van der Waals surface area contributed by atoms with E-state index < -0.39 is 6.04 Å². The highest BCUT2D eigenvalue weighted by molar-refractivity contribution is 6.00. The van der Waals surface area contributed by atoms with Gasteiger partial charge in [-0.15, -0.1) is 0 Å². The largest absolute Gasteiger partial charge is 0.497 e. The van der Waals surface area contributed by atoms with Crippen LogP contribution in [0.4, 0.5) is 5.69 Å². The van der Waals surface area contributed by atoms with Crippen LogP contribution in [0.1, 0.15) is 36.1 Å². The van der Waals surface area contributed by atoms with Crippen LogP contribution in [0.2, 0.25) is 0 Å². The van der Waals surface area contributed by atoms with Gasteiger partial charge >= 0.3 is 0 Å². The van der Waals surface area contributed by atoms with Gasteiger partial charge in [0.25, 0.3) is 5.91 Å². The van der Waals surface area contributed by atoms with Gasteiger partial charge in [0.15, 0.2) is 5.76 Å². The summed E-state index contributed by atoms with van der Waals surface area (Å²) in [5.41, 5.74) is 0.677. The second kappa shape index (κ2) is 7.42. The Labute approximate surface area is 146 Å². The standard InChI is InChI=1S/C19H22N2O4/c1-3-14-10-11-17(25-14)19(23)21-12-4-5-16(21)18(22)20-13-6-8-15(24-2)9-7-13/h6-11,16H,3-5,12H2,1-2H3,(H,20,22)/t16-/m1/s1. The molecule has 1 fully saturated rings. The minimum Gasteiger partial charge on any atom is -0.497 e. The van der Waals surface area contributed by atoms with E-state index in [9.17, 15) is 9.59 Å². The smallest absolute Gasteiger partial charge is 0.290 e. The molecule has 3 rings (SSSR count). The van der Waals surface area contributed by atoms with E-state index in [1.54, 1.807) is 48.4 Å². The van der Waals surface area contributed by atoms with Crippen LogP contribution in [0, 0.1) is 0 Å². The van der Waals surface area contributed by atoms with Gasteiger partial charge in [-0.05, 0) is 49.2 Å². The summed E-state index contributed by atoms with van der Waals surface area (Å²) in [6.07, 6.45) is 2.18. The second-order valence-electron chi connectivity index (χ2n) is 5.99. The number of nitrogens with zero attached hydrogens (tertiary/aromatic N) is 1. The van der Waals surface area contributed by atoms with Gasteiger partial charge in [-0.1, -0.05) is 6.92 Å². The van der Waals surface area contributed by atoms with E-state index in [-0.39, 0.29) is 11.8 Å². The van der Waals surface area contributed by atoms with Crippen molar-refractivity contribution in [2.45, 2.75) is 32.2 Å². The number of amides is 2. The Morgan fingerprint density at radius 1 is 1.24 bits per heavy atom. The SMILES string of the molecule is CCc1ccc(C(=O)N2CCC[C@@H]2C(=O)Nc2ccc(OC)cc2)o1. The minimum absolute atomic E-state index is 0.182. The number of rotatable bonds is 5. The summed E-state index contributed by atoms with van der Waals surface area (Å²) in [5.74, 6) is 1.37. The Morgan fingerprint density at radius 3 is 2.64 bits per heavy atom. The van der Waals surface area contributed by atoms with E-state index in [0.29, 0.717) is 24.4 Å². The quantitative estimate of drug-likeness (QED) is 0.906. The first-order valence-electron chi connectivity index (χ1n) is 8.47. The molecule has 1 aromatic heterocycles. The number of hydrogen-bond donors (Lipinski definition) is 1. The molecule has 0 radical (unpaired) electrons. The van der Waals surface area contributed by atoms with E-state index in [1.807, 2.05) is 6.92 Å². The lowest BCUT2D eigenvalue weighted by Gasteiger charge is -2.23. The minimum atomic E-state index is -0.482. The molecule has 0 saturated carbocycles. The number of nitrogens with one attached hydrogen (secondary N) is 1. The summed E-state index contributed by atoms with van der Waals surface area (Å²) in [4.78, 5) is 26.9. The van der Waals surface area contributed by atoms with Gasteiger partial charge < -0.3 is 19.4 Å². The monoisotopic (exact) mass is 342 g/mol. The fourth-order valence-electron chi connectivity index (χ4n) is 3.01. The van der Waals surface area contributed by atoms with Crippen molar-refractivity contribution >= 4 is 17.5 Å². The first-order chi connectivity index (χ1) is 12.1. The molecule has 1 saturated heterocycles. The molecule has 2 heterocycles. The number of carbonyl (C=O) groups is 2. The summed E-state index contributed by atoms with van der Waals surface area (Å²) in [5, 5.41) is 2.87. The molecule has 1 aliphatic heterocycles. The third-order valence-electron chi connectivity index (χ3n) is 4.39. The Kier molecular flexibility index (Phi) is 5.07. The lowest BCUT2D eigenvalue weighted by molar-refractivity contribution is -0.119. The molecule has 1 atom stereocenters. The molecular formula is C19H22N2O4. The van der Waals surface area contributed by atoms with Crippen molar-refractivity contribution < 1.29 is 18.7 Å². The van der Waals surface area contributed by atoms with E-state index >= 15 is 0 Å². The van der Waals surface area contributed by atoms with E-state index in [4.69, 9.17) is 9.15 Å². The molecular weight excluding hydrogens is 320 g/mol. The van der Waals surface area contributed by atoms with Gasteiger partial charge in [0, 0.05) is 18.7 Å². The molecule has 1 aliphatic rings. The average Bonchev–Trinajstić information content (AvgIpc) is 3.31. The molecule has 1 aromatic carbocycles. The van der Waals surface area contributed by atoms with Crippen LogP contribution in [-0.2, 0) is 11.2 Å². The maximum absolute atomic E-state index is 12.7. The Morgan fingerprint density at radius 2 is 2.00 bits per heavy atom. The number of furan rings is 1. The lowest BCUT2D eigenvalue weighted by atomic mass is 10.2. The number of methoxy groups -OCH3 is 1. The summed E-state index contributed by atoms with van der Waals surface area (Å²) in [6, 6.07) is 10.1. The van der Waals surface area contributed by atoms with Gasteiger partial charge in [0.1, 0.15) is 17.6 Å². The van der Waals surface area contributed by atoms with Crippen LogP contribution >= 0.6 is 0 Å². The molecule has 6 nitrogen and oxygen atoms in total. The number of carbonyl (C=O) groups excluding carboxylic acids is 2. The molecule has 6 heteroatoms. The first-order valence-corrected chi connectivity index (χ1v) is 8.47. The van der Waals surface area contributed by atoms with Gasteiger partial charge in [-0.2, -0.15) is 0 Å². The maximum atomic E-state index is 12.7. The highest BCUT2D eigenvalue weighted by atomic mass is 16.5. The third kappa shape index (κ3) is 3.68. The van der Waals surface area contributed by atoms with Gasteiger partial charge in [0.2, 0.25) is 5.91 Å². The highest BCUT2D eigenvalue weighted by Gasteiger charge is 2.35. The number of hydrogen-bond acceptors (Lipinski definition) is 4. The third-order valence-corrected chi connectivity index (χ3v) is 4.39. The zero-order valence-corrected chi connectivity index (χ0v) is 14.5. The number of aryl methyl sites for hydroxylation is 1. The topological polar surface area (TPSA) is 71.8 Å². The summed E-state index contributed by atoms with van der Waals surface area (Å²) < 4.78 is 10.6. The normalized spacial score (nSPS) is 16.7. The lowest BCUT2D eigenvalue weighted by Crippen LogP contribution is -2.43. The molecule has 0 aliphatic carbocycles. The van der Waals surface area contributed by atoms with Crippen molar-refractivity contribution in [3.63, 3.8) is 0 Å². The van der Waals surface area contributed by atoms with Crippen LogP contribution < -0.4 is 10.1 Å². The Bertz CT molecular complexity index is 751. The van der Waals surface area contributed by atoms with Crippen molar-refractivity contribution in [3.05, 3.63) is 47.9 Å². The molecule has 0 bridgehead atoms. The van der Waals surface area contributed by atoms with Crippen LogP contribution in [0.3, 0.4) is 0 Å². The van der Waals surface area contributed by atoms with Gasteiger partial charge in [0.05, 0.1) is 7.11 Å².